The SMILES string of the molecule is CCC1(COS(C)(=O)=O)COC1.CCC1(Cn2c(=O)c3cncnc3n(C)c2=O)COC1.CCC1(Cn2c(=O)c3cncnc3n(C)c2=O)COC1.Cn1c(=O)[nH]c(=O)c2cncnc21. The Morgan fingerprint density at radius 2 is 0.969 bits per heavy atom. The molecule has 65 heavy (non-hydrogen) atoms. The minimum atomic E-state index is -3.30. The average molecular weight is 925 g/mol. The molecule has 0 unspecified atom stereocenters. The van der Waals surface area contributed by atoms with E-state index in [9.17, 15) is 37.2 Å². The fourth-order valence-corrected chi connectivity index (χ4v) is 7.61. The highest BCUT2D eigenvalue weighted by Crippen LogP contribution is 2.33. The first-order chi connectivity index (χ1) is 30.8. The van der Waals surface area contributed by atoms with Gasteiger partial charge in [-0.15, -0.1) is 0 Å². The van der Waals surface area contributed by atoms with Gasteiger partial charge in [-0.05, 0) is 19.3 Å². The van der Waals surface area contributed by atoms with Gasteiger partial charge in [-0.1, -0.05) is 20.8 Å². The molecular formula is C40H52N12O12S. The highest BCUT2D eigenvalue weighted by atomic mass is 32.2. The van der Waals surface area contributed by atoms with Crippen molar-refractivity contribution in [2.45, 2.75) is 53.1 Å². The molecule has 0 bridgehead atoms. The molecule has 6 aromatic rings. The van der Waals surface area contributed by atoms with E-state index in [0.29, 0.717) is 85.8 Å². The number of nitrogens with one attached hydrogen (secondary N) is 1. The number of rotatable bonds is 10. The zero-order chi connectivity index (χ0) is 47.3. The van der Waals surface area contributed by atoms with Gasteiger partial charge >= 0.3 is 17.1 Å². The van der Waals surface area contributed by atoms with Gasteiger partial charge in [0.15, 0.2) is 16.9 Å². The first-order valence-corrected chi connectivity index (χ1v) is 22.4. The maximum atomic E-state index is 12.5. The molecule has 1 N–H and O–H groups in total. The number of ether oxygens (including phenoxy) is 3. The summed E-state index contributed by atoms with van der Waals surface area (Å²) in [5, 5.41) is 1.03. The van der Waals surface area contributed by atoms with Gasteiger partial charge in [-0.3, -0.25) is 46.4 Å². The van der Waals surface area contributed by atoms with Gasteiger partial charge in [0.2, 0.25) is 0 Å². The maximum absolute atomic E-state index is 12.5. The molecule has 0 radical (unpaired) electrons. The van der Waals surface area contributed by atoms with Crippen LogP contribution in [0.2, 0.25) is 0 Å². The maximum Gasteiger partial charge on any atom is 0.332 e. The molecule has 350 valence electrons. The van der Waals surface area contributed by atoms with Crippen molar-refractivity contribution in [1.82, 2.24) is 57.7 Å². The van der Waals surface area contributed by atoms with Crippen LogP contribution in [0.1, 0.15) is 40.0 Å². The summed E-state index contributed by atoms with van der Waals surface area (Å²) in [5.74, 6) is 0. The highest BCUT2D eigenvalue weighted by molar-refractivity contribution is 7.85. The molecule has 0 saturated carbocycles. The number of nitrogens with zero attached hydrogens (tertiary/aromatic N) is 11. The van der Waals surface area contributed by atoms with E-state index in [2.05, 4.69) is 34.9 Å². The van der Waals surface area contributed by atoms with Crippen LogP contribution in [0, 0.1) is 16.2 Å². The summed E-state index contributed by atoms with van der Waals surface area (Å²) >= 11 is 0. The second-order valence-electron chi connectivity index (χ2n) is 16.6. The Kier molecular flexibility index (Phi) is 14.5. The Labute approximate surface area is 370 Å². The van der Waals surface area contributed by atoms with Crippen LogP contribution in [0.5, 0.6) is 0 Å². The Hall–Kier alpha value is -6.15. The summed E-state index contributed by atoms with van der Waals surface area (Å²) in [6.45, 7) is 10.7. The Bertz CT molecular complexity index is 3030. The van der Waals surface area contributed by atoms with Crippen molar-refractivity contribution in [1.29, 1.82) is 0 Å². The molecule has 24 nitrogen and oxygen atoms in total. The lowest BCUT2D eigenvalue weighted by atomic mass is 9.83. The smallest absolute Gasteiger partial charge is 0.332 e. The van der Waals surface area contributed by atoms with E-state index in [4.69, 9.17) is 18.4 Å². The predicted molar refractivity (Wildman–Crippen MR) is 235 cm³/mol. The van der Waals surface area contributed by atoms with Crippen molar-refractivity contribution in [2.75, 3.05) is 52.5 Å². The quantitative estimate of drug-likeness (QED) is 0.165. The zero-order valence-corrected chi connectivity index (χ0v) is 38.0. The number of H-pyrrole nitrogens is 1. The van der Waals surface area contributed by atoms with Crippen LogP contribution in [-0.2, 0) is 62.7 Å². The molecule has 3 aliphatic rings. The number of fused-ring (bicyclic) bond motifs is 3. The van der Waals surface area contributed by atoms with Crippen LogP contribution < -0.4 is 33.7 Å². The molecule has 0 aromatic carbocycles. The summed E-state index contributed by atoms with van der Waals surface area (Å²) in [5.41, 5.74) is -1.50. The van der Waals surface area contributed by atoms with Crippen LogP contribution in [0.4, 0.5) is 0 Å². The number of aromatic amines is 1. The topological polar surface area (TPSA) is 291 Å². The van der Waals surface area contributed by atoms with Gasteiger partial charge in [0, 0.05) is 69.1 Å². The number of aromatic nitrogens is 12. The van der Waals surface area contributed by atoms with Gasteiger partial charge < -0.3 is 14.2 Å². The third kappa shape index (κ3) is 10.2. The predicted octanol–water partition coefficient (Wildman–Crippen LogP) is -0.760. The molecule has 25 heteroatoms. The number of aryl methyl sites for hydroxylation is 3. The van der Waals surface area contributed by atoms with Crippen molar-refractivity contribution in [3.8, 4) is 0 Å². The summed E-state index contributed by atoms with van der Waals surface area (Å²) in [7, 11) is 1.47. The first kappa shape index (κ1) is 48.3. The zero-order valence-electron chi connectivity index (χ0n) is 37.2. The van der Waals surface area contributed by atoms with E-state index < -0.39 is 21.4 Å². The van der Waals surface area contributed by atoms with Crippen molar-refractivity contribution in [3.63, 3.8) is 0 Å². The van der Waals surface area contributed by atoms with Gasteiger partial charge in [0.1, 0.15) is 35.1 Å². The molecule has 3 aliphatic heterocycles. The Morgan fingerprint density at radius 1 is 0.600 bits per heavy atom. The molecule has 0 atom stereocenters. The van der Waals surface area contributed by atoms with Crippen molar-refractivity contribution in [3.05, 3.63) is 100 Å². The van der Waals surface area contributed by atoms with E-state index in [-0.39, 0.29) is 45.3 Å². The normalized spacial score (nSPS) is 16.7. The molecule has 0 aliphatic carbocycles. The third-order valence-corrected chi connectivity index (χ3v) is 12.6. The van der Waals surface area contributed by atoms with Gasteiger partial charge in [0.05, 0.1) is 52.5 Å². The van der Waals surface area contributed by atoms with Crippen molar-refractivity contribution < 1.29 is 26.8 Å². The van der Waals surface area contributed by atoms with E-state index >= 15 is 0 Å². The van der Waals surface area contributed by atoms with Crippen molar-refractivity contribution in [2.24, 2.45) is 37.4 Å². The van der Waals surface area contributed by atoms with Crippen LogP contribution in [0.25, 0.3) is 33.1 Å². The van der Waals surface area contributed by atoms with E-state index in [1.54, 1.807) is 14.1 Å². The van der Waals surface area contributed by atoms with E-state index in [0.717, 1.165) is 25.5 Å². The van der Waals surface area contributed by atoms with Gasteiger partial charge in [-0.2, -0.15) is 8.42 Å². The second-order valence-corrected chi connectivity index (χ2v) is 18.2. The number of hydrogen-bond acceptors (Lipinski definition) is 18. The Balaban J connectivity index is 0.000000147. The molecule has 0 spiro atoms. The van der Waals surface area contributed by atoms with Gasteiger partial charge in [-0.25, -0.2) is 44.3 Å². The lowest BCUT2D eigenvalue weighted by Crippen LogP contribution is -2.51. The molecule has 6 aromatic heterocycles. The summed E-state index contributed by atoms with van der Waals surface area (Å²) in [6, 6.07) is 0. The molecule has 9 heterocycles. The summed E-state index contributed by atoms with van der Waals surface area (Å²) in [4.78, 5) is 97.4. The second kappa shape index (κ2) is 19.5. The largest absolute Gasteiger partial charge is 0.380 e. The lowest BCUT2D eigenvalue weighted by molar-refractivity contribution is -0.132. The molecule has 3 saturated heterocycles. The Morgan fingerprint density at radius 3 is 1.31 bits per heavy atom. The van der Waals surface area contributed by atoms with Crippen LogP contribution in [-0.4, -0.2) is 119 Å². The first-order valence-electron chi connectivity index (χ1n) is 20.6. The van der Waals surface area contributed by atoms with Gasteiger partial charge in [0.25, 0.3) is 26.8 Å². The lowest BCUT2D eigenvalue weighted by Gasteiger charge is -2.40. The molecule has 0 amide bonds. The minimum Gasteiger partial charge on any atom is -0.380 e. The van der Waals surface area contributed by atoms with Crippen LogP contribution in [0.15, 0.2) is 66.3 Å². The van der Waals surface area contributed by atoms with Crippen molar-refractivity contribution >= 4 is 43.2 Å². The number of hydrogen-bond donors (Lipinski definition) is 1. The van der Waals surface area contributed by atoms with E-state index in [1.165, 1.54) is 67.5 Å². The molecule has 9 rings (SSSR count). The molecular weight excluding hydrogens is 873 g/mol. The summed E-state index contributed by atoms with van der Waals surface area (Å²) < 4.78 is 48.2. The monoisotopic (exact) mass is 924 g/mol. The molecule has 3 fully saturated rings. The minimum absolute atomic E-state index is 0.0525. The average Bonchev–Trinajstić information content (AvgIpc) is 3.26. The fourth-order valence-electron chi connectivity index (χ4n) is 7.14. The standard InChI is InChI=1S/2C13H16N4O3.C7H6N4O2.C7H14O4S/c2*1-3-13(6-20-7-13)5-17-11(18)9-4-14-8-15-10(9)16(2)12(17)19;1-11-5-4(2-8-3-9-5)6(12)10-7(11)13;1-3-7(4-10-5-7)6-11-12(2,8)9/h2*4,8H,3,5-7H2,1-2H3;2-3H,1H3,(H,10,12,13);3-6H2,1-2H3. The van der Waals surface area contributed by atoms with Crippen LogP contribution in [0.3, 0.4) is 0 Å². The summed E-state index contributed by atoms with van der Waals surface area (Å²) in [6.07, 6.45) is 11.9. The third-order valence-electron chi connectivity index (χ3n) is 12.0. The fraction of sp³-hybridized carbons (Fsp3) is 0.550. The highest BCUT2D eigenvalue weighted by Gasteiger charge is 2.40. The van der Waals surface area contributed by atoms with E-state index in [1.807, 2.05) is 20.8 Å². The van der Waals surface area contributed by atoms with Crippen LogP contribution >= 0.6 is 0 Å².